The third kappa shape index (κ3) is 3.04. The van der Waals surface area contributed by atoms with Crippen molar-refractivity contribution in [1.29, 1.82) is 0 Å². The van der Waals surface area contributed by atoms with Gasteiger partial charge in [-0.2, -0.15) is 4.98 Å². The fourth-order valence-electron chi connectivity index (χ4n) is 2.62. The zero-order valence-electron chi connectivity index (χ0n) is 13.2. The van der Waals surface area contributed by atoms with Gasteiger partial charge in [-0.05, 0) is 36.0 Å². The van der Waals surface area contributed by atoms with E-state index in [0.29, 0.717) is 24.6 Å². The molecule has 0 radical (unpaired) electrons. The van der Waals surface area contributed by atoms with Crippen LogP contribution < -0.4 is 0 Å². The average molecular weight is 304 g/mol. The maximum absolute atomic E-state index is 14.4. The maximum Gasteiger partial charge on any atom is 0.260 e. The zero-order chi connectivity index (χ0) is 15.7. The molecule has 2 heterocycles. The van der Waals surface area contributed by atoms with Gasteiger partial charge in [0.25, 0.3) is 5.89 Å². The van der Waals surface area contributed by atoms with E-state index >= 15 is 0 Å². The molecule has 0 aliphatic carbocycles. The summed E-state index contributed by atoms with van der Waals surface area (Å²) in [5.41, 5.74) is 1.21. The van der Waals surface area contributed by atoms with Crippen LogP contribution in [-0.2, 0) is 10.2 Å². The Balaban J connectivity index is 1.87. The summed E-state index contributed by atoms with van der Waals surface area (Å²) in [7, 11) is 0. The Morgan fingerprint density at radius 1 is 1.18 bits per heavy atom. The molecule has 2 aromatic rings. The van der Waals surface area contributed by atoms with E-state index in [-0.39, 0.29) is 23.0 Å². The highest BCUT2D eigenvalue weighted by atomic mass is 19.1. The Morgan fingerprint density at radius 3 is 2.55 bits per heavy atom. The van der Waals surface area contributed by atoms with Crippen molar-refractivity contribution in [3.63, 3.8) is 0 Å². The first-order valence-corrected chi connectivity index (χ1v) is 7.67. The summed E-state index contributed by atoms with van der Waals surface area (Å²) < 4.78 is 25.0. The molecule has 0 unspecified atom stereocenters. The number of aromatic nitrogens is 2. The van der Waals surface area contributed by atoms with Crippen molar-refractivity contribution in [3.05, 3.63) is 35.4 Å². The third-order valence-electron chi connectivity index (χ3n) is 4.09. The maximum atomic E-state index is 14.4. The van der Waals surface area contributed by atoms with Gasteiger partial charge in [0.05, 0.1) is 5.56 Å². The third-order valence-corrected chi connectivity index (χ3v) is 4.09. The quantitative estimate of drug-likeness (QED) is 0.839. The fourth-order valence-corrected chi connectivity index (χ4v) is 2.62. The van der Waals surface area contributed by atoms with Crippen molar-refractivity contribution in [2.75, 3.05) is 13.2 Å². The van der Waals surface area contributed by atoms with Gasteiger partial charge in [0.15, 0.2) is 5.82 Å². The smallest absolute Gasteiger partial charge is 0.260 e. The molecule has 0 saturated carbocycles. The molecule has 3 rings (SSSR count). The molecule has 1 fully saturated rings. The second kappa shape index (κ2) is 5.80. The van der Waals surface area contributed by atoms with Crippen molar-refractivity contribution in [3.8, 4) is 11.5 Å². The van der Waals surface area contributed by atoms with Crippen molar-refractivity contribution in [2.24, 2.45) is 0 Å². The Bertz CT molecular complexity index is 655. The van der Waals surface area contributed by atoms with Gasteiger partial charge >= 0.3 is 0 Å². The second-order valence-electron chi connectivity index (χ2n) is 6.79. The highest BCUT2D eigenvalue weighted by Gasteiger charge is 2.23. The molecule has 118 valence electrons. The van der Waals surface area contributed by atoms with Gasteiger partial charge in [-0.25, -0.2) is 4.39 Å². The first kappa shape index (κ1) is 15.2. The van der Waals surface area contributed by atoms with Crippen molar-refractivity contribution < 1.29 is 13.7 Å². The molecule has 0 amide bonds. The highest BCUT2D eigenvalue weighted by molar-refractivity contribution is 5.55. The van der Waals surface area contributed by atoms with Crippen molar-refractivity contribution >= 4 is 0 Å². The fraction of sp³-hybridized carbons (Fsp3) is 0.529. The molecular weight excluding hydrogens is 283 g/mol. The number of hydrogen-bond acceptors (Lipinski definition) is 4. The lowest BCUT2D eigenvalue weighted by Crippen LogP contribution is -2.15. The number of halogens is 1. The van der Waals surface area contributed by atoms with Crippen LogP contribution in [0.5, 0.6) is 0 Å². The van der Waals surface area contributed by atoms with Crippen LogP contribution in [-0.4, -0.2) is 23.4 Å². The van der Waals surface area contributed by atoms with E-state index in [1.165, 1.54) is 0 Å². The number of nitrogens with zero attached hydrogens (tertiary/aromatic N) is 2. The molecule has 1 saturated heterocycles. The van der Waals surface area contributed by atoms with Gasteiger partial charge in [-0.1, -0.05) is 32.0 Å². The Labute approximate surface area is 129 Å². The molecule has 0 atom stereocenters. The molecular formula is C17H21FN2O2. The largest absolute Gasteiger partial charge is 0.381 e. The van der Waals surface area contributed by atoms with E-state index in [1.807, 2.05) is 6.07 Å². The molecule has 1 aliphatic heterocycles. The summed E-state index contributed by atoms with van der Waals surface area (Å²) in [6, 6.07) is 5.18. The monoisotopic (exact) mass is 304 g/mol. The topological polar surface area (TPSA) is 48.2 Å². The van der Waals surface area contributed by atoms with Crippen LogP contribution in [0, 0.1) is 5.82 Å². The van der Waals surface area contributed by atoms with Gasteiger partial charge in [0, 0.05) is 19.1 Å². The Hall–Kier alpha value is -1.75. The van der Waals surface area contributed by atoms with E-state index in [4.69, 9.17) is 9.26 Å². The van der Waals surface area contributed by atoms with Crippen molar-refractivity contribution in [1.82, 2.24) is 10.1 Å². The lowest BCUT2D eigenvalue weighted by Gasteiger charge is -2.19. The van der Waals surface area contributed by atoms with Crippen LogP contribution in [0.15, 0.2) is 22.7 Å². The summed E-state index contributed by atoms with van der Waals surface area (Å²) in [6.45, 7) is 7.58. The predicted octanol–water partition coefficient (Wildman–Crippen LogP) is 4.07. The molecule has 0 bridgehead atoms. The Kier molecular flexibility index (Phi) is 4.00. The minimum Gasteiger partial charge on any atom is -0.381 e. The summed E-state index contributed by atoms with van der Waals surface area (Å²) in [6.07, 6.45) is 1.76. The van der Waals surface area contributed by atoms with Gasteiger partial charge in [-0.15, -0.1) is 0 Å². The molecule has 0 N–H and O–H groups in total. The predicted molar refractivity (Wildman–Crippen MR) is 81.2 cm³/mol. The van der Waals surface area contributed by atoms with Gasteiger partial charge in [0.2, 0.25) is 0 Å². The molecule has 1 aromatic carbocycles. The van der Waals surface area contributed by atoms with E-state index in [0.717, 1.165) is 18.4 Å². The summed E-state index contributed by atoms with van der Waals surface area (Å²) in [5, 5.41) is 4.02. The number of rotatable bonds is 2. The summed E-state index contributed by atoms with van der Waals surface area (Å²) in [5.74, 6) is 0.815. The van der Waals surface area contributed by atoms with Crippen LogP contribution >= 0.6 is 0 Å². The van der Waals surface area contributed by atoms with Crippen LogP contribution in [0.3, 0.4) is 0 Å². The van der Waals surface area contributed by atoms with E-state index in [2.05, 4.69) is 30.9 Å². The molecule has 1 aliphatic rings. The molecule has 4 nitrogen and oxygen atoms in total. The summed E-state index contributed by atoms with van der Waals surface area (Å²) >= 11 is 0. The Morgan fingerprint density at radius 2 is 1.91 bits per heavy atom. The van der Waals surface area contributed by atoms with E-state index in [1.54, 1.807) is 12.1 Å². The molecule has 0 spiro atoms. The van der Waals surface area contributed by atoms with E-state index in [9.17, 15) is 4.39 Å². The van der Waals surface area contributed by atoms with Crippen LogP contribution in [0.25, 0.3) is 11.5 Å². The van der Waals surface area contributed by atoms with Crippen LogP contribution in [0.1, 0.15) is 50.9 Å². The first-order chi connectivity index (χ1) is 10.4. The average Bonchev–Trinajstić information content (AvgIpc) is 2.96. The van der Waals surface area contributed by atoms with Gasteiger partial charge in [-0.3, -0.25) is 0 Å². The standard InChI is InChI=1S/C17H21FN2O2/c1-17(2,3)12-4-5-13(14(18)10-12)16-19-15(20-22-16)11-6-8-21-9-7-11/h4-5,10-11H,6-9H2,1-3H3. The zero-order valence-corrected chi connectivity index (χ0v) is 13.2. The number of benzene rings is 1. The molecule has 5 heteroatoms. The summed E-state index contributed by atoms with van der Waals surface area (Å²) in [4.78, 5) is 4.38. The van der Waals surface area contributed by atoms with Crippen LogP contribution in [0.4, 0.5) is 4.39 Å². The minimum atomic E-state index is -0.324. The lowest BCUT2D eigenvalue weighted by atomic mass is 9.86. The lowest BCUT2D eigenvalue weighted by molar-refractivity contribution is 0.0830. The molecule has 22 heavy (non-hydrogen) atoms. The van der Waals surface area contributed by atoms with Gasteiger partial charge in [0.1, 0.15) is 5.82 Å². The van der Waals surface area contributed by atoms with Gasteiger partial charge < -0.3 is 9.26 Å². The minimum absolute atomic E-state index is 0.0958. The SMILES string of the molecule is CC(C)(C)c1ccc(-c2nc(C3CCOCC3)no2)c(F)c1. The second-order valence-corrected chi connectivity index (χ2v) is 6.79. The van der Waals surface area contributed by atoms with Crippen LogP contribution in [0.2, 0.25) is 0 Å². The number of ether oxygens (including phenoxy) is 1. The first-order valence-electron chi connectivity index (χ1n) is 7.67. The van der Waals surface area contributed by atoms with Crippen molar-refractivity contribution in [2.45, 2.75) is 44.9 Å². The highest BCUT2D eigenvalue weighted by Crippen LogP contribution is 2.30. The normalized spacial score (nSPS) is 16.9. The number of hydrogen-bond donors (Lipinski definition) is 0. The molecule has 1 aromatic heterocycles. The van der Waals surface area contributed by atoms with E-state index < -0.39 is 0 Å².